The molecule has 3 nitrogen and oxygen atoms in total. The smallest absolute Gasteiger partial charge is 0.0719 e. The number of para-hydroxylation sites is 1. The Bertz CT molecular complexity index is 521. The van der Waals surface area contributed by atoms with E-state index in [4.69, 9.17) is 10.8 Å². The van der Waals surface area contributed by atoms with Gasteiger partial charge in [0.15, 0.2) is 0 Å². The van der Waals surface area contributed by atoms with E-state index in [2.05, 4.69) is 42.8 Å². The number of fused-ring (bicyclic) bond motifs is 1. The van der Waals surface area contributed by atoms with Gasteiger partial charge in [-0.2, -0.15) is 16.9 Å². The highest BCUT2D eigenvalue weighted by Crippen LogP contribution is 2.20. The number of thioether (sulfide) groups is 1. The number of rotatable bonds is 7. The first-order valence-electron chi connectivity index (χ1n) is 7.04. The molecule has 104 valence electrons. The van der Waals surface area contributed by atoms with Crippen molar-refractivity contribution in [2.45, 2.75) is 39.3 Å². The van der Waals surface area contributed by atoms with E-state index in [1.807, 2.05) is 11.8 Å². The molecule has 0 saturated carbocycles. The maximum atomic E-state index is 6.22. The van der Waals surface area contributed by atoms with Crippen LogP contribution < -0.4 is 5.73 Å². The Labute approximate surface area is 119 Å². The number of aryl methyl sites for hydroxylation is 1. The van der Waals surface area contributed by atoms with Gasteiger partial charge in [0, 0.05) is 30.1 Å². The SMILES string of the molecule is CCCSCC(N)Cc1nn(CC)c2ccccc12. The van der Waals surface area contributed by atoms with E-state index >= 15 is 0 Å². The summed E-state index contributed by atoms with van der Waals surface area (Å²) in [7, 11) is 0. The van der Waals surface area contributed by atoms with Crippen molar-refractivity contribution in [3.05, 3.63) is 30.0 Å². The summed E-state index contributed by atoms with van der Waals surface area (Å²) in [4.78, 5) is 0. The minimum atomic E-state index is 0.195. The van der Waals surface area contributed by atoms with Crippen LogP contribution in [0.15, 0.2) is 24.3 Å². The molecule has 2 rings (SSSR count). The van der Waals surface area contributed by atoms with Gasteiger partial charge in [-0.15, -0.1) is 0 Å². The van der Waals surface area contributed by atoms with Crippen LogP contribution in [0.5, 0.6) is 0 Å². The molecule has 1 unspecified atom stereocenters. The number of nitrogens with zero attached hydrogens (tertiary/aromatic N) is 2. The van der Waals surface area contributed by atoms with Crippen molar-refractivity contribution in [1.29, 1.82) is 0 Å². The summed E-state index contributed by atoms with van der Waals surface area (Å²) in [6, 6.07) is 8.62. The summed E-state index contributed by atoms with van der Waals surface area (Å²) in [5.41, 5.74) is 8.58. The van der Waals surface area contributed by atoms with Gasteiger partial charge in [0.05, 0.1) is 11.2 Å². The molecule has 0 aliphatic rings. The van der Waals surface area contributed by atoms with Crippen molar-refractivity contribution in [2.75, 3.05) is 11.5 Å². The molecule has 2 N–H and O–H groups in total. The molecule has 0 amide bonds. The van der Waals surface area contributed by atoms with Crippen molar-refractivity contribution in [3.63, 3.8) is 0 Å². The molecule has 1 aromatic heterocycles. The minimum absolute atomic E-state index is 0.195. The summed E-state index contributed by atoms with van der Waals surface area (Å²) < 4.78 is 2.07. The lowest BCUT2D eigenvalue weighted by molar-refractivity contribution is 0.649. The van der Waals surface area contributed by atoms with Crippen LogP contribution in [0.2, 0.25) is 0 Å². The van der Waals surface area contributed by atoms with E-state index in [-0.39, 0.29) is 6.04 Å². The van der Waals surface area contributed by atoms with Crippen LogP contribution in [0, 0.1) is 0 Å². The molecule has 0 radical (unpaired) electrons. The number of aromatic nitrogens is 2. The fraction of sp³-hybridized carbons (Fsp3) is 0.533. The second-order valence-corrected chi connectivity index (χ2v) is 5.97. The third kappa shape index (κ3) is 3.51. The van der Waals surface area contributed by atoms with Gasteiger partial charge in [-0.3, -0.25) is 4.68 Å². The molecule has 0 fully saturated rings. The Kier molecular flexibility index (Phi) is 5.28. The largest absolute Gasteiger partial charge is 0.327 e. The van der Waals surface area contributed by atoms with Crippen LogP contribution in [-0.2, 0) is 13.0 Å². The molecule has 0 aliphatic carbocycles. The number of hydrogen-bond acceptors (Lipinski definition) is 3. The van der Waals surface area contributed by atoms with E-state index in [0.717, 1.165) is 24.4 Å². The summed E-state index contributed by atoms with van der Waals surface area (Å²) in [6.07, 6.45) is 2.08. The molecule has 4 heteroatoms. The average Bonchev–Trinajstić information content (AvgIpc) is 2.77. The van der Waals surface area contributed by atoms with Crippen LogP contribution in [0.4, 0.5) is 0 Å². The van der Waals surface area contributed by atoms with Crippen LogP contribution >= 0.6 is 11.8 Å². The van der Waals surface area contributed by atoms with Crippen molar-refractivity contribution in [3.8, 4) is 0 Å². The van der Waals surface area contributed by atoms with E-state index in [0.29, 0.717) is 0 Å². The Morgan fingerprint density at radius 3 is 2.84 bits per heavy atom. The fourth-order valence-corrected chi connectivity index (χ4v) is 3.15. The van der Waals surface area contributed by atoms with Crippen molar-refractivity contribution >= 4 is 22.7 Å². The lowest BCUT2D eigenvalue weighted by atomic mass is 10.1. The van der Waals surface area contributed by atoms with Crippen molar-refractivity contribution in [1.82, 2.24) is 9.78 Å². The second-order valence-electron chi connectivity index (χ2n) is 4.82. The number of nitrogens with two attached hydrogens (primary N) is 1. The Balaban J connectivity index is 2.12. The van der Waals surface area contributed by atoms with E-state index in [9.17, 15) is 0 Å². The zero-order valence-corrected chi connectivity index (χ0v) is 12.6. The first-order chi connectivity index (χ1) is 9.26. The van der Waals surface area contributed by atoms with E-state index in [1.165, 1.54) is 23.1 Å². The van der Waals surface area contributed by atoms with Crippen LogP contribution in [0.1, 0.15) is 26.0 Å². The topological polar surface area (TPSA) is 43.8 Å². The highest BCUT2D eigenvalue weighted by atomic mass is 32.2. The molecule has 1 aromatic carbocycles. The standard InChI is InChI=1S/C15H23N3S/c1-3-9-19-11-12(16)10-14-13-7-5-6-8-15(13)18(4-2)17-14/h5-8,12H,3-4,9-11,16H2,1-2H3. The monoisotopic (exact) mass is 277 g/mol. The predicted molar refractivity (Wildman–Crippen MR) is 84.7 cm³/mol. The molecule has 1 atom stereocenters. The maximum Gasteiger partial charge on any atom is 0.0719 e. The zero-order valence-electron chi connectivity index (χ0n) is 11.8. The minimum Gasteiger partial charge on any atom is -0.327 e. The van der Waals surface area contributed by atoms with Gasteiger partial charge in [-0.05, 0) is 25.2 Å². The summed E-state index contributed by atoms with van der Waals surface area (Å²) in [5, 5.41) is 5.95. The van der Waals surface area contributed by atoms with Gasteiger partial charge < -0.3 is 5.73 Å². The predicted octanol–water partition coefficient (Wildman–Crippen LogP) is 3.07. The van der Waals surface area contributed by atoms with Crippen LogP contribution in [0.3, 0.4) is 0 Å². The van der Waals surface area contributed by atoms with E-state index < -0.39 is 0 Å². The van der Waals surface area contributed by atoms with Gasteiger partial charge >= 0.3 is 0 Å². The lowest BCUT2D eigenvalue weighted by Gasteiger charge is -2.09. The van der Waals surface area contributed by atoms with Crippen LogP contribution in [-0.4, -0.2) is 27.3 Å². The zero-order chi connectivity index (χ0) is 13.7. The van der Waals surface area contributed by atoms with Crippen LogP contribution in [0.25, 0.3) is 10.9 Å². The first-order valence-corrected chi connectivity index (χ1v) is 8.19. The molecule has 2 aromatic rings. The molecule has 0 aliphatic heterocycles. The molecule has 0 spiro atoms. The average molecular weight is 277 g/mol. The Hall–Kier alpha value is -1.00. The second kappa shape index (κ2) is 6.96. The van der Waals surface area contributed by atoms with Gasteiger partial charge in [-0.25, -0.2) is 0 Å². The van der Waals surface area contributed by atoms with Gasteiger partial charge in [0.25, 0.3) is 0 Å². The molecular weight excluding hydrogens is 254 g/mol. The quantitative estimate of drug-likeness (QED) is 0.791. The highest BCUT2D eigenvalue weighted by molar-refractivity contribution is 7.99. The molecule has 19 heavy (non-hydrogen) atoms. The van der Waals surface area contributed by atoms with Crippen molar-refractivity contribution < 1.29 is 0 Å². The molecule has 0 saturated heterocycles. The summed E-state index contributed by atoms with van der Waals surface area (Å²) in [5.74, 6) is 2.21. The number of hydrogen-bond donors (Lipinski definition) is 1. The Morgan fingerprint density at radius 2 is 2.11 bits per heavy atom. The van der Waals surface area contributed by atoms with Gasteiger partial charge in [-0.1, -0.05) is 25.1 Å². The third-order valence-electron chi connectivity index (χ3n) is 3.17. The first kappa shape index (κ1) is 14.4. The lowest BCUT2D eigenvalue weighted by Crippen LogP contribution is -2.26. The third-order valence-corrected chi connectivity index (χ3v) is 4.53. The molecule has 0 bridgehead atoms. The maximum absolute atomic E-state index is 6.22. The molecule has 1 heterocycles. The van der Waals surface area contributed by atoms with Crippen molar-refractivity contribution in [2.24, 2.45) is 5.73 Å². The van der Waals surface area contributed by atoms with Gasteiger partial charge in [0.2, 0.25) is 0 Å². The normalized spacial score (nSPS) is 13.0. The number of benzene rings is 1. The van der Waals surface area contributed by atoms with E-state index in [1.54, 1.807) is 0 Å². The summed E-state index contributed by atoms with van der Waals surface area (Å²) in [6.45, 7) is 5.23. The fourth-order valence-electron chi connectivity index (χ4n) is 2.27. The Morgan fingerprint density at radius 1 is 1.32 bits per heavy atom. The highest BCUT2D eigenvalue weighted by Gasteiger charge is 2.12. The van der Waals surface area contributed by atoms with Gasteiger partial charge in [0.1, 0.15) is 0 Å². The molecular formula is C15H23N3S. The summed E-state index contributed by atoms with van der Waals surface area (Å²) >= 11 is 1.94.